The van der Waals surface area contributed by atoms with Crippen LogP contribution in [0.2, 0.25) is 0 Å². The monoisotopic (exact) mass is 302 g/mol. The molecule has 1 aromatic carbocycles. The number of aliphatic hydroxyl groups excluding tert-OH is 1. The highest BCUT2D eigenvalue weighted by atomic mass is 32.1. The maximum absolute atomic E-state index is 9.61. The van der Waals surface area contributed by atoms with Crippen LogP contribution in [0.15, 0.2) is 35.7 Å². The second-order valence-electron chi connectivity index (χ2n) is 5.96. The van der Waals surface area contributed by atoms with Gasteiger partial charge in [-0.2, -0.15) is 0 Å². The Balaban J connectivity index is 1.56. The fourth-order valence-corrected chi connectivity index (χ4v) is 3.86. The number of thiazole rings is 1. The Bertz CT molecular complexity index is 561. The van der Waals surface area contributed by atoms with E-state index in [1.54, 1.807) is 11.3 Å². The molecule has 2 N–H and O–H groups in total. The van der Waals surface area contributed by atoms with Crippen molar-refractivity contribution < 1.29 is 5.11 Å². The van der Waals surface area contributed by atoms with Gasteiger partial charge in [0, 0.05) is 36.1 Å². The number of aromatic nitrogens is 1. The van der Waals surface area contributed by atoms with Gasteiger partial charge in [0.2, 0.25) is 0 Å². The molecule has 0 atom stereocenters. The van der Waals surface area contributed by atoms with Crippen molar-refractivity contribution in [1.82, 2.24) is 10.3 Å². The van der Waals surface area contributed by atoms with Crippen LogP contribution in [0.25, 0.3) is 11.3 Å². The van der Waals surface area contributed by atoms with Gasteiger partial charge in [-0.05, 0) is 12.8 Å². The highest BCUT2D eigenvalue weighted by molar-refractivity contribution is 7.09. The second-order valence-corrected chi connectivity index (χ2v) is 6.90. The molecule has 1 fully saturated rings. The van der Waals surface area contributed by atoms with Gasteiger partial charge in [-0.1, -0.05) is 43.2 Å². The molecule has 0 aliphatic heterocycles. The first-order valence-corrected chi connectivity index (χ1v) is 8.51. The van der Waals surface area contributed by atoms with Gasteiger partial charge in [-0.15, -0.1) is 11.3 Å². The maximum Gasteiger partial charge on any atom is 0.107 e. The van der Waals surface area contributed by atoms with Crippen LogP contribution < -0.4 is 5.32 Å². The third-order valence-electron chi connectivity index (χ3n) is 4.40. The predicted octanol–water partition coefficient (Wildman–Crippen LogP) is 3.45. The summed E-state index contributed by atoms with van der Waals surface area (Å²) in [5, 5.41) is 16.3. The lowest BCUT2D eigenvalue weighted by molar-refractivity contribution is 0.128. The molecule has 0 spiro atoms. The van der Waals surface area contributed by atoms with E-state index in [1.165, 1.54) is 18.4 Å². The number of nitrogens with zero attached hydrogens (tertiary/aromatic N) is 1. The summed E-state index contributed by atoms with van der Waals surface area (Å²) < 4.78 is 0. The molecule has 21 heavy (non-hydrogen) atoms. The van der Waals surface area contributed by atoms with E-state index in [9.17, 15) is 5.11 Å². The molecule has 0 saturated heterocycles. The third-order valence-corrected chi connectivity index (χ3v) is 5.25. The summed E-state index contributed by atoms with van der Waals surface area (Å²) in [6.07, 6.45) is 4.78. The minimum atomic E-state index is 0.111. The Morgan fingerprint density at radius 1 is 1.19 bits per heavy atom. The number of nitrogens with one attached hydrogen (secondary N) is 1. The van der Waals surface area contributed by atoms with Crippen molar-refractivity contribution in [2.75, 3.05) is 13.2 Å². The lowest BCUT2D eigenvalue weighted by Crippen LogP contribution is -2.34. The highest BCUT2D eigenvalue weighted by Crippen LogP contribution is 2.37. The molecule has 0 amide bonds. The lowest BCUT2D eigenvalue weighted by Gasteiger charge is -2.26. The zero-order chi connectivity index (χ0) is 14.5. The molecule has 3 nitrogen and oxygen atoms in total. The van der Waals surface area contributed by atoms with Crippen molar-refractivity contribution in [2.24, 2.45) is 5.41 Å². The van der Waals surface area contributed by atoms with Gasteiger partial charge in [0.1, 0.15) is 5.01 Å². The molecule has 2 aromatic rings. The Morgan fingerprint density at radius 3 is 2.67 bits per heavy atom. The molecule has 4 heteroatoms. The standard InChI is InChI=1S/C17H22N2OS/c20-13-17(8-4-5-9-17)12-18-10-16-19-15(11-21-16)14-6-2-1-3-7-14/h1-3,6-7,11,18,20H,4-5,8-10,12-13H2. The van der Waals surface area contributed by atoms with Crippen molar-refractivity contribution in [3.05, 3.63) is 40.7 Å². The van der Waals surface area contributed by atoms with E-state index in [0.29, 0.717) is 6.61 Å². The molecular weight excluding hydrogens is 280 g/mol. The average Bonchev–Trinajstić information content (AvgIpc) is 3.18. The van der Waals surface area contributed by atoms with Crippen molar-refractivity contribution in [2.45, 2.75) is 32.2 Å². The van der Waals surface area contributed by atoms with E-state index in [-0.39, 0.29) is 5.41 Å². The molecule has 1 aromatic heterocycles. The zero-order valence-corrected chi connectivity index (χ0v) is 13.0. The second kappa shape index (κ2) is 6.69. The fraction of sp³-hybridized carbons (Fsp3) is 0.471. The van der Waals surface area contributed by atoms with E-state index >= 15 is 0 Å². The van der Waals surface area contributed by atoms with E-state index in [0.717, 1.165) is 36.6 Å². The average molecular weight is 302 g/mol. The van der Waals surface area contributed by atoms with Gasteiger partial charge < -0.3 is 10.4 Å². The maximum atomic E-state index is 9.61. The molecular formula is C17H22N2OS. The summed E-state index contributed by atoms with van der Waals surface area (Å²) in [7, 11) is 0. The van der Waals surface area contributed by atoms with Crippen molar-refractivity contribution in [3.8, 4) is 11.3 Å². The summed E-state index contributed by atoms with van der Waals surface area (Å²) in [5.74, 6) is 0. The minimum absolute atomic E-state index is 0.111. The van der Waals surface area contributed by atoms with Crippen LogP contribution in [0.1, 0.15) is 30.7 Å². The first-order chi connectivity index (χ1) is 10.3. The molecule has 0 bridgehead atoms. The van der Waals surface area contributed by atoms with E-state index < -0.39 is 0 Å². The van der Waals surface area contributed by atoms with Crippen molar-refractivity contribution in [1.29, 1.82) is 0 Å². The summed E-state index contributed by atoms with van der Waals surface area (Å²) in [6.45, 7) is 1.98. The van der Waals surface area contributed by atoms with Crippen molar-refractivity contribution >= 4 is 11.3 Å². The minimum Gasteiger partial charge on any atom is -0.396 e. The third kappa shape index (κ3) is 3.51. The molecule has 1 heterocycles. The Hall–Kier alpha value is -1.23. The van der Waals surface area contributed by atoms with Gasteiger partial charge in [0.05, 0.1) is 5.69 Å². The number of benzene rings is 1. The van der Waals surface area contributed by atoms with E-state index in [4.69, 9.17) is 0 Å². The summed E-state index contributed by atoms with van der Waals surface area (Å²) >= 11 is 1.70. The predicted molar refractivity (Wildman–Crippen MR) is 87.2 cm³/mol. The zero-order valence-electron chi connectivity index (χ0n) is 12.2. The van der Waals surface area contributed by atoms with Crippen molar-refractivity contribution in [3.63, 3.8) is 0 Å². The molecule has 1 aliphatic carbocycles. The lowest BCUT2D eigenvalue weighted by atomic mass is 9.87. The van der Waals surface area contributed by atoms with Gasteiger partial charge in [0.15, 0.2) is 0 Å². The number of hydrogen-bond donors (Lipinski definition) is 2. The van der Waals surface area contributed by atoms with Gasteiger partial charge in [0.25, 0.3) is 0 Å². The van der Waals surface area contributed by atoms with Crippen LogP contribution in [-0.4, -0.2) is 23.2 Å². The Labute approximate surface area is 130 Å². The fourth-order valence-electron chi connectivity index (χ4n) is 3.08. The van der Waals surface area contributed by atoms with Gasteiger partial charge >= 0.3 is 0 Å². The number of aliphatic hydroxyl groups is 1. The van der Waals surface area contributed by atoms with Gasteiger partial charge in [-0.3, -0.25) is 0 Å². The molecule has 3 rings (SSSR count). The van der Waals surface area contributed by atoms with Gasteiger partial charge in [-0.25, -0.2) is 4.98 Å². The quantitative estimate of drug-likeness (QED) is 0.859. The van der Waals surface area contributed by atoms with Crippen LogP contribution in [0.4, 0.5) is 0 Å². The normalized spacial score (nSPS) is 17.2. The summed E-state index contributed by atoms with van der Waals surface area (Å²) in [5.41, 5.74) is 2.33. The number of hydrogen-bond acceptors (Lipinski definition) is 4. The molecule has 112 valence electrons. The Morgan fingerprint density at radius 2 is 1.95 bits per heavy atom. The summed E-state index contributed by atoms with van der Waals surface area (Å²) in [6, 6.07) is 10.3. The summed E-state index contributed by atoms with van der Waals surface area (Å²) in [4.78, 5) is 4.69. The van der Waals surface area contributed by atoms with Crippen LogP contribution in [0.3, 0.4) is 0 Å². The molecule has 1 saturated carbocycles. The van der Waals surface area contributed by atoms with Crippen LogP contribution >= 0.6 is 11.3 Å². The molecule has 1 aliphatic rings. The largest absolute Gasteiger partial charge is 0.396 e. The smallest absolute Gasteiger partial charge is 0.107 e. The number of rotatable bonds is 6. The first-order valence-electron chi connectivity index (χ1n) is 7.63. The molecule has 0 unspecified atom stereocenters. The Kier molecular flexibility index (Phi) is 4.68. The first kappa shape index (κ1) is 14.7. The highest BCUT2D eigenvalue weighted by Gasteiger charge is 2.32. The van der Waals surface area contributed by atoms with Crippen LogP contribution in [-0.2, 0) is 6.54 Å². The topological polar surface area (TPSA) is 45.1 Å². The molecule has 0 radical (unpaired) electrons. The van der Waals surface area contributed by atoms with Crippen LogP contribution in [0.5, 0.6) is 0 Å². The van der Waals surface area contributed by atoms with Crippen LogP contribution in [0, 0.1) is 5.41 Å². The SMILES string of the molecule is OCC1(CNCc2nc(-c3ccccc3)cs2)CCCC1. The van der Waals surface area contributed by atoms with E-state index in [2.05, 4.69) is 27.8 Å². The van der Waals surface area contributed by atoms with E-state index in [1.807, 2.05) is 18.2 Å².